The third-order valence-corrected chi connectivity index (χ3v) is 11.8. The van der Waals surface area contributed by atoms with Crippen molar-refractivity contribution in [3.63, 3.8) is 0 Å². The van der Waals surface area contributed by atoms with Crippen molar-refractivity contribution in [2.45, 2.75) is 81.3 Å². The lowest BCUT2D eigenvalue weighted by atomic mass is 9.85. The van der Waals surface area contributed by atoms with Gasteiger partial charge in [0.2, 0.25) is 21.8 Å². The van der Waals surface area contributed by atoms with Gasteiger partial charge < -0.3 is 25.0 Å². The molecule has 0 bridgehead atoms. The number of hydrogen-bond donors (Lipinski definition) is 3. The number of sulfonamides is 1. The van der Waals surface area contributed by atoms with Crippen LogP contribution < -0.4 is 15.4 Å². The SMILES string of the molecule is C=C[C@@H]1C[C@]1(NC(=O)[C@@H]1C[C@@](OC)(c2ccc(-c3ccccc3)cc2)CN1C(=O)[C@@H](NC(=O)OCCCF)C(C)(C)C)C(=O)NS(=O)(=O)C1CC1. The molecule has 2 aromatic rings. The first-order valence-electron chi connectivity index (χ1n) is 17.1. The molecule has 3 fully saturated rings. The Hall–Kier alpha value is -4.30. The van der Waals surface area contributed by atoms with Crippen molar-refractivity contribution in [3.8, 4) is 11.1 Å². The molecule has 1 saturated heterocycles. The summed E-state index contributed by atoms with van der Waals surface area (Å²) in [5.41, 5.74) is -0.970. The van der Waals surface area contributed by atoms with Crippen LogP contribution in [0.1, 0.15) is 58.4 Å². The molecular weight excluding hydrogens is 679 g/mol. The van der Waals surface area contributed by atoms with Crippen molar-refractivity contribution >= 4 is 33.8 Å². The fourth-order valence-electron chi connectivity index (χ4n) is 6.62. The van der Waals surface area contributed by atoms with E-state index in [4.69, 9.17) is 9.47 Å². The number of likely N-dealkylation sites (tertiary alicyclic amines) is 1. The highest BCUT2D eigenvalue weighted by molar-refractivity contribution is 7.91. The van der Waals surface area contributed by atoms with E-state index in [2.05, 4.69) is 21.9 Å². The van der Waals surface area contributed by atoms with Gasteiger partial charge in [0, 0.05) is 25.9 Å². The monoisotopic (exact) mass is 726 g/mol. The van der Waals surface area contributed by atoms with Crippen LogP contribution in [0, 0.1) is 11.3 Å². The van der Waals surface area contributed by atoms with Crippen LogP contribution in [0.4, 0.5) is 9.18 Å². The predicted octanol–water partition coefficient (Wildman–Crippen LogP) is 3.97. The number of carbonyl (C=O) groups excluding carboxylic acids is 4. The summed E-state index contributed by atoms with van der Waals surface area (Å²) >= 11 is 0. The number of hydrogen-bond acceptors (Lipinski definition) is 8. The fraction of sp³-hybridized carbons (Fsp3) is 0.514. The molecule has 3 N–H and O–H groups in total. The Labute approximate surface area is 298 Å². The fourth-order valence-corrected chi connectivity index (χ4v) is 7.99. The van der Waals surface area contributed by atoms with Crippen LogP contribution in [0.3, 0.4) is 0 Å². The van der Waals surface area contributed by atoms with Gasteiger partial charge in [-0.3, -0.25) is 23.5 Å². The zero-order valence-corrected chi connectivity index (χ0v) is 30.3. The Morgan fingerprint density at radius 2 is 1.69 bits per heavy atom. The van der Waals surface area contributed by atoms with Crippen LogP contribution in [0.15, 0.2) is 67.3 Å². The van der Waals surface area contributed by atoms with E-state index >= 15 is 0 Å². The van der Waals surface area contributed by atoms with Crippen molar-refractivity contribution in [2.24, 2.45) is 11.3 Å². The minimum absolute atomic E-state index is 0.00166. The molecule has 12 nitrogen and oxygen atoms in total. The second kappa shape index (κ2) is 14.7. The first kappa shape index (κ1) is 37.9. The lowest BCUT2D eigenvalue weighted by Crippen LogP contribution is -2.60. The molecule has 0 radical (unpaired) electrons. The normalized spacial score (nSPS) is 25.0. The van der Waals surface area contributed by atoms with Gasteiger partial charge >= 0.3 is 6.09 Å². The minimum atomic E-state index is -3.91. The molecule has 0 aromatic heterocycles. The maximum Gasteiger partial charge on any atom is 0.407 e. The Kier molecular flexibility index (Phi) is 11.0. The molecule has 1 aliphatic heterocycles. The topological polar surface area (TPSA) is 160 Å². The average molecular weight is 727 g/mol. The Bertz CT molecular complexity index is 1750. The van der Waals surface area contributed by atoms with E-state index in [1.54, 1.807) is 20.8 Å². The molecule has 3 aliphatic rings. The van der Waals surface area contributed by atoms with E-state index in [1.165, 1.54) is 18.1 Å². The Balaban J connectivity index is 1.48. The van der Waals surface area contributed by atoms with Crippen LogP contribution in [0.25, 0.3) is 11.1 Å². The number of nitrogens with one attached hydrogen (secondary N) is 3. The summed E-state index contributed by atoms with van der Waals surface area (Å²) in [7, 11) is -2.42. The van der Waals surface area contributed by atoms with Gasteiger partial charge in [-0.15, -0.1) is 6.58 Å². The zero-order chi connectivity index (χ0) is 37.2. The number of alkyl halides is 1. The molecule has 4 amide bonds. The lowest BCUT2D eigenvalue weighted by Gasteiger charge is -2.35. The van der Waals surface area contributed by atoms with Crippen molar-refractivity contribution < 1.29 is 41.5 Å². The van der Waals surface area contributed by atoms with E-state index in [-0.39, 0.29) is 32.4 Å². The third-order valence-electron chi connectivity index (χ3n) is 9.95. The highest BCUT2D eigenvalue weighted by Gasteiger charge is 2.62. The summed E-state index contributed by atoms with van der Waals surface area (Å²) in [6.07, 6.45) is 1.59. The highest BCUT2D eigenvalue weighted by atomic mass is 32.2. The minimum Gasteiger partial charge on any atom is -0.449 e. The largest absolute Gasteiger partial charge is 0.449 e. The van der Waals surface area contributed by atoms with Gasteiger partial charge in [-0.25, -0.2) is 13.2 Å². The number of halogens is 1. The molecule has 1 heterocycles. The Morgan fingerprint density at radius 3 is 2.24 bits per heavy atom. The number of nitrogens with zero attached hydrogens (tertiary/aromatic N) is 1. The zero-order valence-electron chi connectivity index (χ0n) is 29.4. The second-order valence-corrected chi connectivity index (χ2v) is 16.6. The van der Waals surface area contributed by atoms with Crippen molar-refractivity contribution in [2.75, 3.05) is 26.9 Å². The molecule has 5 rings (SSSR count). The van der Waals surface area contributed by atoms with Crippen LogP contribution in [-0.2, 0) is 39.5 Å². The first-order valence-corrected chi connectivity index (χ1v) is 18.7. The van der Waals surface area contributed by atoms with Gasteiger partial charge in [0.1, 0.15) is 23.2 Å². The second-order valence-electron chi connectivity index (χ2n) is 14.6. The van der Waals surface area contributed by atoms with Crippen molar-refractivity contribution in [1.82, 2.24) is 20.3 Å². The van der Waals surface area contributed by atoms with E-state index in [1.807, 2.05) is 54.6 Å². The van der Waals surface area contributed by atoms with Gasteiger partial charge in [-0.2, -0.15) is 0 Å². The summed E-state index contributed by atoms with van der Waals surface area (Å²) in [6.45, 7) is 8.05. The number of alkyl carbamates (subject to hydrolysis) is 1. The number of ether oxygens (including phenoxy) is 2. The van der Waals surface area contributed by atoms with Crippen LogP contribution in [0.2, 0.25) is 0 Å². The molecule has 2 aliphatic carbocycles. The first-order chi connectivity index (χ1) is 24.1. The summed E-state index contributed by atoms with van der Waals surface area (Å²) in [5, 5.41) is 4.75. The molecule has 276 valence electrons. The van der Waals surface area contributed by atoms with Crippen LogP contribution >= 0.6 is 0 Å². The van der Waals surface area contributed by atoms with Gasteiger partial charge in [0.25, 0.3) is 5.91 Å². The molecule has 5 atom stereocenters. The van der Waals surface area contributed by atoms with Gasteiger partial charge in [0.15, 0.2) is 0 Å². The summed E-state index contributed by atoms with van der Waals surface area (Å²) in [4.78, 5) is 56.5. The number of rotatable bonds is 14. The molecular formula is C37H47FN4O8S. The molecule has 0 unspecified atom stereocenters. The van der Waals surface area contributed by atoms with Crippen LogP contribution in [0.5, 0.6) is 0 Å². The molecule has 51 heavy (non-hydrogen) atoms. The van der Waals surface area contributed by atoms with E-state index < -0.39 is 80.3 Å². The van der Waals surface area contributed by atoms with Gasteiger partial charge in [0.05, 0.1) is 25.1 Å². The summed E-state index contributed by atoms with van der Waals surface area (Å²) < 4.78 is 51.4. The van der Waals surface area contributed by atoms with E-state index in [0.29, 0.717) is 18.4 Å². The predicted molar refractivity (Wildman–Crippen MR) is 188 cm³/mol. The molecule has 2 aromatic carbocycles. The molecule has 2 saturated carbocycles. The number of carbonyl (C=O) groups is 4. The number of amides is 4. The Morgan fingerprint density at radius 1 is 1.04 bits per heavy atom. The summed E-state index contributed by atoms with van der Waals surface area (Å²) in [6, 6.07) is 15.0. The average Bonchev–Trinajstić information content (AvgIpc) is 4.03. The molecule has 14 heteroatoms. The van der Waals surface area contributed by atoms with Gasteiger partial charge in [-0.1, -0.05) is 81.4 Å². The molecule has 0 spiro atoms. The van der Waals surface area contributed by atoms with E-state index in [0.717, 1.165) is 11.1 Å². The third kappa shape index (κ3) is 8.12. The van der Waals surface area contributed by atoms with Crippen molar-refractivity contribution in [3.05, 3.63) is 72.8 Å². The van der Waals surface area contributed by atoms with Crippen LogP contribution in [-0.4, -0.2) is 86.9 Å². The van der Waals surface area contributed by atoms with Crippen molar-refractivity contribution in [1.29, 1.82) is 0 Å². The summed E-state index contributed by atoms with van der Waals surface area (Å²) in [5.74, 6) is -2.69. The van der Waals surface area contributed by atoms with E-state index in [9.17, 15) is 32.0 Å². The maximum atomic E-state index is 14.5. The quantitative estimate of drug-likeness (QED) is 0.195. The number of methoxy groups -OCH3 is 1. The highest BCUT2D eigenvalue weighted by Crippen LogP contribution is 2.47. The maximum absolute atomic E-state index is 14.5. The number of benzene rings is 2. The smallest absolute Gasteiger partial charge is 0.407 e. The van der Waals surface area contributed by atoms with Gasteiger partial charge in [-0.05, 0) is 41.4 Å². The lowest BCUT2D eigenvalue weighted by molar-refractivity contribution is -0.143. The standard InChI is InChI=1S/C37H47FN4O8S/c1-6-26-21-37(26,33(45)41-51(47,48)28-17-18-28)40-31(43)29-22-36(49-5,27-15-13-25(14-16-27)24-11-8-7-9-12-24)23-42(29)32(44)30(35(2,3)4)39-34(46)50-20-10-19-38/h6-9,11-16,26,28-30H,1,10,17-23H2,2-5H3,(H,39,46)(H,40,43)(H,41,45)/t26-,29+,30-,36+,37-/m1/s1.